The van der Waals surface area contributed by atoms with Crippen LogP contribution in [0.1, 0.15) is 52.1 Å². The molecule has 11 heteroatoms. The van der Waals surface area contributed by atoms with Crippen LogP contribution in [0.4, 0.5) is 4.79 Å². The minimum atomic E-state index is -0.495. The molecule has 4 heterocycles. The molecule has 1 amide bonds. The zero-order valence-electron chi connectivity index (χ0n) is 25.2. The summed E-state index contributed by atoms with van der Waals surface area (Å²) in [6, 6.07) is 15.1. The number of amides is 1. The lowest BCUT2D eigenvalue weighted by Gasteiger charge is -2.33. The van der Waals surface area contributed by atoms with E-state index in [1.807, 2.05) is 74.6 Å². The maximum Gasteiger partial charge on any atom is 0.410 e. The van der Waals surface area contributed by atoms with Crippen LogP contribution in [-0.2, 0) is 4.74 Å². The van der Waals surface area contributed by atoms with Gasteiger partial charge in [0.15, 0.2) is 11.6 Å². The van der Waals surface area contributed by atoms with Crippen molar-refractivity contribution in [2.24, 2.45) is 5.92 Å². The molecule has 10 nitrogen and oxygen atoms in total. The van der Waals surface area contributed by atoms with Crippen molar-refractivity contribution in [1.29, 1.82) is 0 Å². The molecule has 0 bridgehead atoms. The molecule has 44 heavy (non-hydrogen) atoms. The lowest BCUT2D eigenvalue weighted by molar-refractivity contribution is 0.0165. The Labute approximate surface area is 263 Å². The first-order chi connectivity index (χ1) is 21.1. The molecule has 0 radical (unpaired) electrons. The first-order valence-corrected chi connectivity index (χ1v) is 15.6. The molecule has 2 aromatic carbocycles. The van der Waals surface area contributed by atoms with E-state index in [-0.39, 0.29) is 17.7 Å². The number of fused-ring (bicyclic) bond motifs is 3. The van der Waals surface area contributed by atoms with E-state index in [4.69, 9.17) is 14.5 Å². The molecule has 3 aromatic heterocycles. The normalized spacial score (nSPS) is 15.1. The third-order valence-corrected chi connectivity index (χ3v) is 8.34. The fraction of sp³-hybridized carbons (Fsp3) is 0.364. The van der Waals surface area contributed by atoms with Gasteiger partial charge in [-0.15, -0.1) is 0 Å². The van der Waals surface area contributed by atoms with E-state index in [0.29, 0.717) is 43.0 Å². The van der Waals surface area contributed by atoms with Gasteiger partial charge in [0.1, 0.15) is 5.60 Å². The maximum absolute atomic E-state index is 13.1. The Morgan fingerprint density at radius 1 is 1.07 bits per heavy atom. The molecular formula is C33H35BrN6O4. The summed E-state index contributed by atoms with van der Waals surface area (Å²) in [5.41, 5.74) is 2.89. The zero-order valence-corrected chi connectivity index (χ0v) is 26.8. The van der Waals surface area contributed by atoms with Crippen LogP contribution >= 0.6 is 15.9 Å². The first kappa shape index (κ1) is 29.8. The van der Waals surface area contributed by atoms with Crippen molar-refractivity contribution in [3.63, 3.8) is 0 Å². The van der Waals surface area contributed by atoms with Gasteiger partial charge in [0.2, 0.25) is 5.78 Å². The number of carbonyl (C=O) groups excluding carboxylic acids is 1. The summed E-state index contributed by atoms with van der Waals surface area (Å²) in [4.78, 5) is 41.1. The number of halogens is 1. The number of nitrogens with zero attached hydrogens (tertiary/aromatic N) is 6. The molecule has 0 saturated carbocycles. The first-order valence-electron chi connectivity index (χ1n) is 14.8. The zero-order chi connectivity index (χ0) is 31.0. The van der Waals surface area contributed by atoms with E-state index in [1.54, 1.807) is 34.1 Å². The number of hydrogen-bond donors (Lipinski definition) is 0. The number of benzene rings is 2. The summed E-state index contributed by atoms with van der Waals surface area (Å²) in [7, 11) is 0. The minimum Gasteiger partial charge on any atom is -0.490 e. The number of carbonyl (C=O) groups is 1. The van der Waals surface area contributed by atoms with Crippen molar-refractivity contribution in [2.45, 2.75) is 52.2 Å². The summed E-state index contributed by atoms with van der Waals surface area (Å²) in [5.74, 6) is 2.09. The van der Waals surface area contributed by atoms with E-state index in [0.717, 1.165) is 39.5 Å². The molecule has 228 valence electrons. The predicted octanol–water partition coefficient (Wildman–Crippen LogP) is 6.50. The van der Waals surface area contributed by atoms with Gasteiger partial charge in [-0.1, -0.05) is 34.1 Å². The van der Waals surface area contributed by atoms with Crippen LogP contribution in [0.2, 0.25) is 0 Å². The fourth-order valence-electron chi connectivity index (χ4n) is 5.50. The number of hydrogen-bond acceptors (Lipinski definition) is 7. The van der Waals surface area contributed by atoms with Crippen LogP contribution in [0, 0.1) is 5.92 Å². The van der Waals surface area contributed by atoms with Gasteiger partial charge in [-0.05, 0) is 76.3 Å². The maximum atomic E-state index is 13.1. The second-order valence-electron chi connectivity index (χ2n) is 12.2. The van der Waals surface area contributed by atoms with Crippen molar-refractivity contribution in [1.82, 2.24) is 28.8 Å². The van der Waals surface area contributed by atoms with Gasteiger partial charge >= 0.3 is 6.09 Å². The Kier molecular flexibility index (Phi) is 8.15. The van der Waals surface area contributed by atoms with Crippen LogP contribution in [0.3, 0.4) is 0 Å². The Hall–Kier alpha value is -4.25. The van der Waals surface area contributed by atoms with Gasteiger partial charge < -0.3 is 14.4 Å². The lowest BCUT2D eigenvalue weighted by Crippen LogP contribution is -2.42. The number of rotatable bonds is 6. The van der Waals surface area contributed by atoms with Crippen LogP contribution in [-0.4, -0.2) is 60.2 Å². The smallest absolute Gasteiger partial charge is 0.410 e. The third-order valence-electron chi connectivity index (χ3n) is 7.85. The highest BCUT2D eigenvalue weighted by Crippen LogP contribution is 2.27. The fourth-order valence-corrected chi connectivity index (χ4v) is 5.85. The topological polar surface area (TPSA) is 104 Å². The Balaban J connectivity index is 1.13. The van der Waals surface area contributed by atoms with E-state index in [1.165, 1.54) is 0 Å². The molecule has 6 rings (SSSR count). The summed E-state index contributed by atoms with van der Waals surface area (Å²) in [5, 5.41) is 0. The van der Waals surface area contributed by atoms with E-state index < -0.39 is 5.60 Å². The van der Waals surface area contributed by atoms with E-state index in [9.17, 15) is 9.59 Å². The van der Waals surface area contributed by atoms with Crippen LogP contribution in [0.5, 0.6) is 5.75 Å². The quantitative estimate of drug-likeness (QED) is 0.205. The average molecular weight is 660 g/mol. The van der Waals surface area contributed by atoms with Crippen molar-refractivity contribution in [2.75, 3.05) is 19.7 Å². The van der Waals surface area contributed by atoms with Crippen molar-refractivity contribution in [3.05, 3.63) is 87.5 Å². The monoisotopic (exact) mass is 658 g/mol. The number of piperidine rings is 1. The highest BCUT2D eigenvalue weighted by molar-refractivity contribution is 9.10. The highest BCUT2D eigenvalue weighted by Gasteiger charge is 2.27. The molecule has 5 aromatic rings. The average Bonchev–Trinajstić information content (AvgIpc) is 3.37. The van der Waals surface area contributed by atoms with Crippen molar-refractivity contribution in [3.8, 4) is 17.1 Å². The molecule has 1 unspecified atom stereocenters. The van der Waals surface area contributed by atoms with Gasteiger partial charge in [-0.25, -0.2) is 19.7 Å². The molecule has 1 fully saturated rings. The lowest BCUT2D eigenvalue weighted by atomic mass is 9.98. The van der Waals surface area contributed by atoms with E-state index in [2.05, 4.69) is 25.9 Å². The SMILES string of the molecule is CC(c1cccc(-c2ncc(OCC3CCN(C(=O)OC(C)(C)C)CC3)cn2)c1)n1c(=O)ccn2c3cc(Br)ccc3nc12. The van der Waals surface area contributed by atoms with Crippen molar-refractivity contribution >= 4 is 38.8 Å². The molecule has 1 aliphatic rings. The standard InChI is InChI=1S/C33H35BrN6O4/c1-21(40-29(41)12-15-39-28-17-25(34)8-9-27(28)37-31(39)40)23-6-5-7-24(16-23)30-35-18-26(19-36-30)43-20-22-10-13-38(14-11-22)32(42)44-33(2,3)4/h5-9,12,15-19,21-22H,10-11,13-14,20H2,1-4H3. The minimum absolute atomic E-state index is 0.127. The number of imidazole rings is 1. The largest absolute Gasteiger partial charge is 0.490 e. The van der Waals surface area contributed by atoms with Crippen LogP contribution in [0.25, 0.3) is 28.2 Å². The Bertz CT molecular complexity index is 1870. The number of ether oxygens (including phenoxy) is 2. The number of likely N-dealkylation sites (tertiary alicyclic amines) is 1. The molecule has 0 spiro atoms. The highest BCUT2D eigenvalue weighted by atomic mass is 79.9. The Morgan fingerprint density at radius 2 is 1.82 bits per heavy atom. The van der Waals surface area contributed by atoms with E-state index >= 15 is 0 Å². The molecule has 1 atom stereocenters. The second kappa shape index (κ2) is 12.0. The summed E-state index contributed by atoms with van der Waals surface area (Å²) in [6.45, 7) is 9.47. The molecular weight excluding hydrogens is 624 g/mol. The third kappa shape index (κ3) is 6.33. The summed E-state index contributed by atoms with van der Waals surface area (Å²) in [6.07, 6.45) is 6.59. The number of aromatic nitrogens is 5. The van der Waals surface area contributed by atoms with Gasteiger partial charge in [-0.3, -0.25) is 13.8 Å². The second-order valence-corrected chi connectivity index (χ2v) is 13.1. The molecule has 0 aliphatic carbocycles. The molecule has 0 N–H and O–H groups in total. The summed E-state index contributed by atoms with van der Waals surface area (Å²) >= 11 is 3.53. The molecule has 1 aliphatic heterocycles. The van der Waals surface area contributed by atoms with Gasteiger partial charge in [0.05, 0.1) is 36.1 Å². The van der Waals surface area contributed by atoms with Gasteiger partial charge in [0, 0.05) is 35.4 Å². The van der Waals surface area contributed by atoms with Gasteiger partial charge in [-0.2, -0.15) is 0 Å². The Morgan fingerprint density at radius 3 is 2.55 bits per heavy atom. The summed E-state index contributed by atoms with van der Waals surface area (Å²) < 4.78 is 16.1. The van der Waals surface area contributed by atoms with Crippen LogP contribution < -0.4 is 10.3 Å². The predicted molar refractivity (Wildman–Crippen MR) is 172 cm³/mol. The van der Waals surface area contributed by atoms with Crippen molar-refractivity contribution < 1.29 is 14.3 Å². The van der Waals surface area contributed by atoms with Crippen LogP contribution in [0.15, 0.2) is 76.4 Å². The van der Waals surface area contributed by atoms with Gasteiger partial charge in [0.25, 0.3) is 5.56 Å². The molecule has 1 saturated heterocycles.